The number of rotatable bonds is 3. The van der Waals surface area contributed by atoms with E-state index in [0.29, 0.717) is 11.3 Å². The Labute approximate surface area is 119 Å². The second kappa shape index (κ2) is 5.69. The molecule has 3 N–H and O–H groups in total. The maximum absolute atomic E-state index is 12.7. The van der Waals surface area contributed by atoms with E-state index in [1.54, 1.807) is 19.1 Å². The van der Waals surface area contributed by atoms with Gasteiger partial charge in [0.05, 0.1) is 24.2 Å². The van der Waals surface area contributed by atoms with E-state index >= 15 is 0 Å². The average Bonchev–Trinajstić information content (AvgIpc) is 2.42. The summed E-state index contributed by atoms with van der Waals surface area (Å²) in [5.74, 6) is 0. The van der Waals surface area contributed by atoms with Crippen LogP contribution in [0.2, 0.25) is 0 Å². The minimum atomic E-state index is -3.62. The van der Waals surface area contributed by atoms with E-state index in [1.165, 1.54) is 4.31 Å². The van der Waals surface area contributed by atoms with Crippen LogP contribution in [0.4, 0.5) is 5.69 Å². The van der Waals surface area contributed by atoms with Crippen LogP contribution in [-0.2, 0) is 14.8 Å². The van der Waals surface area contributed by atoms with Crippen LogP contribution in [0.1, 0.15) is 11.1 Å². The zero-order valence-corrected chi connectivity index (χ0v) is 12.5. The number of anilines is 1. The van der Waals surface area contributed by atoms with Gasteiger partial charge >= 0.3 is 0 Å². The summed E-state index contributed by atoms with van der Waals surface area (Å²) in [4.78, 5) is 0.230. The van der Waals surface area contributed by atoms with Gasteiger partial charge < -0.3 is 15.6 Å². The third-order valence-corrected chi connectivity index (χ3v) is 5.46. The monoisotopic (exact) mass is 300 g/mol. The highest BCUT2D eigenvalue weighted by Gasteiger charge is 2.31. The number of aliphatic hydroxyl groups is 1. The first-order valence-corrected chi connectivity index (χ1v) is 7.89. The Bertz CT molecular complexity index is 601. The molecule has 2 rings (SSSR count). The van der Waals surface area contributed by atoms with Gasteiger partial charge in [-0.05, 0) is 37.1 Å². The SMILES string of the molecule is Cc1cc(N)c(C)c(S(=O)(=O)N2CCOC(CO)C2)c1. The number of morpholine rings is 1. The number of hydrogen-bond acceptors (Lipinski definition) is 5. The topological polar surface area (TPSA) is 92.9 Å². The van der Waals surface area contributed by atoms with Gasteiger partial charge in [-0.15, -0.1) is 0 Å². The van der Waals surface area contributed by atoms with Crippen LogP contribution in [0.25, 0.3) is 0 Å². The number of hydrogen-bond donors (Lipinski definition) is 2. The molecule has 20 heavy (non-hydrogen) atoms. The first-order chi connectivity index (χ1) is 9.36. The van der Waals surface area contributed by atoms with E-state index in [0.717, 1.165) is 5.56 Å². The van der Waals surface area contributed by atoms with Crippen LogP contribution in [-0.4, -0.2) is 50.2 Å². The zero-order chi connectivity index (χ0) is 14.9. The normalized spacial score (nSPS) is 21.1. The van der Waals surface area contributed by atoms with Crippen molar-refractivity contribution in [3.63, 3.8) is 0 Å². The lowest BCUT2D eigenvalue weighted by atomic mass is 10.1. The summed E-state index contributed by atoms with van der Waals surface area (Å²) in [7, 11) is -3.62. The lowest BCUT2D eigenvalue weighted by Crippen LogP contribution is -2.46. The molecular weight excluding hydrogens is 280 g/mol. The molecule has 1 aliphatic rings. The Morgan fingerprint density at radius 1 is 1.45 bits per heavy atom. The fraction of sp³-hybridized carbons (Fsp3) is 0.538. The Morgan fingerprint density at radius 2 is 2.15 bits per heavy atom. The molecule has 1 heterocycles. The highest BCUT2D eigenvalue weighted by Crippen LogP contribution is 2.27. The van der Waals surface area contributed by atoms with Crippen molar-refractivity contribution in [2.24, 2.45) is 0 Å². The van der Waals surface area contributed by atoms with Gasteiger partial charge in [-0.25, -0.2) is 8.42 Å². The molecule has 0 aromatic heterocycles. The van der Waals surface area contributed by atoms with Crippen molar-refractivity contribution in [2.45, 2.75) is 24.8 Å². The van der Waals surface area contributed by atoms with Crippen LogP contribution >= 0.6 is 0 Å². The number of sulfonamides is 1. The summed E-state index contributed by atoms with van der Waals surface area (Å²) in [6.07, 6.45) is -0.471. The molecule has 1 aromatic rings. The van der Waals surface area contributed by atoms with Crippen molar-refractivity contribution in [3.05, 3.63) is 23.3 Å². The van der Waals surface area contributed by atoms with Gasteiger partial charge in [0, 0.05) is 18.8 Å². The Balaban J connectivity index is 2.40. The van der Waals surface area contributed by atoms with E-state index < -0.39 is 16.1 Å². The van der Waals surface area contributed by atoms with Crippen LogP contribution in [0.3, 0.4) is 0 Å². The van der Waals surface area contributed by atoms with E-state index in [-0.39, 0.29) is 31.2 Å². The first kappa shape index (κ1) is 15.2. The van der Waals surface area contributed by atoms with E-state index in [2.05, 4.69) is 0 Å². The Morgan fingerprint density at radius 3 is 2.80 bits per heavy atom. The minimum Gasteiger partial charge on any atom is -0.398 e. The molecule has 0 radical (unpaired) electrons. The highest BCUT2D eigenvalue weighted by molar-refractivity contribution is 7.89. The van der Waals surface area contributed by atoms with Gasteiger partial charge in [0.15, 0.2) is 0 Å². The quantitative estimate of drug-likeness (QED) is 0.782. The third kappa shape index (κ3) is 2.80. The highest BCUT2D eigenvalue weighted by atomic mass is 32.2. The Hall–Kier alpha value is -1.15. The van der Waals surface area contributed by atoms with E-state index in [9.17, 15) is 8.42 Å². The lowest BCUT2D eigenvalue weighted by Gasteiger charge is -2.31. The summed E-state index contributed by atoms with van der Waals surface area (Å²) in [5.41, 5.74) is 7.68. The van der Waals surface area contributed by atoms with Crippen molar-refractivity contribution in [1.82, 2.24) is 4.31 Å². The number of aliphatic hydroxyl groups excluding tert-OH is 1. The van der Waals surface area contributed by atoms with Crippen molar-refractivity contribution < 1.29 is 18.3 Å². The third-order valence-electron chi connectivity index (χ3n) is 3.47. The molecule has 1 atom stereocenters. The summed E-state index contributed by atoms with van der Waals surface area (Å²) >= 11 is 0. The number of aryl methyl sites for hydroxylation is 1. The molecular formula is C13H20N2O4S. The van der Waals surface area contributed by atoms with Crippen molar-refractivity contribution in [1.29, 1.82) is 0 Å². The summed E-state index contributed by atoms with van der Waals surface area (Å²) in [5, 5.41) is 9.12. The number of benzene rings is 1. The molecule has 1 saturated heterocycles. The van der Waals surface area contributed by atoms with Gasteiger partial charge in [-0.2, -0.15) is 4.31 Å². The molecule has 0 saturated carbocycles. The maximum Gasteiger partial charge on any atom is 0.243 e. The van der Waals surface area contributed by atoms with Gasteiger partial charge in [-0.3, -0.25) is 0 Å². The Kier molecular flexibility index (Phi) is 4.33. The summed E-state index contributed by atoms with van der Waals surface area (Å²) in [6, 6.07) is 3.38. The molecule has 1 aliphatic heterocycles. The minimum absolute atomic E-state index is 0.159. The van der Waals surface area contributed by atoms with Crippen molar-refractivity contribution in [2.75, 3.05) is 32.0 Å². The lowest BCUT2D eigenvalue weighted by molar-refractivity contribution is -0.0304. The second-order valence-corrected chi connectivity index (χ2v) is 6.92. The molecule has 0 aliphatic carbocycles. The van der Waals surface area contributed by atoms with E-state index in [4.69, 9.17) is 15.6 Å². The number of nitrogens with two attached hydrogens (primary N) is 1. The maximum atomic E-state index is 12.7. The number of nitrogens with zero attached hydrogens (tertiary/aromatic N) is 1. The molecule has 0 spiro atoms. The van der Waals surface area contributed by atoms with Crippen LogP contribution in [0, 0.1) is 13.8 Å². The predicted octanol–water partition coefficient (Wildman–Crippen LogP) is 0.267. The predicted molar refractivity (Wildman–Crippen MR) is 75.9 cm³/mol. The van der Waals surface area contributed by atoms with Gasteiger partial charge in [-0.1, -0.05) is 0 Å². The number of ether oxygens (including phenoxy) is 1. The summed E-state index contributed by atoms with van der Waals surface area (Å²) in [6.45, 7) is 4.04. The summed E-state index contributed by atoms with van der Waals surface area (Å²) < 4.78 is 32.0. The molecule has 112 valence electrons. The number of nitrogen functional groups attached to an aromatic ring is 1. The molecule has 6 nitrogen and oxygen atoms in total. The fourth-order valence-corrected chi connectivity index (χ4v) is 4.08. The largest absolute Gasteiger partial charge is 0.398 e. The van der Waals surface area contributed by atoms with Crippen molar-refractivity contribution >= 4 is 15.7 Å². The van der Waals surface area contributed by atoms with Crippen LogP contribution in [0.15, 0.2) is 17.0 Å². The molecule has 0 bridgehead atoms. The van der Waals surface area contributed by atoms with Crippen LogP contribution in [0.5, 0.6) is 0 Å². The molecule has 1 fully saturated rings. The second-order valence-electron chi connectivity index (χ2n) is 5.02. The fourth-order valence-electron chi connectivity index (χ4n) is 2.28. The van der Waals surface area contributed by atoms with E-state index in [1.807, 2.05) is 6.92 Å². The molecule has 1 aromatic carbocycles. The van der Waals surface area contributed by atoms with Gasteiger partial charge in [0.25, 0.3) is 0 Å². The van der Waals surface area contributed by atoms with Gasteiger partial charge in [0.1, 0.15) is 0 Å². The van der Waals surface area contributed by atoms with Crippen molar-refractivity contribution in [3.8, 4) is 0 Å². The first-order valence-electron chi connectivity index (χ1n) is 6.45. The molecule has 7 heteroatoms. The standard InChI is InChI=1S/C13H20N2O4S/c1-9-5-12(14)10(2)13(6-9)20(17,18)15-3-4-19-11(7-15)8-16/h5-6,11,16H,3-4,7-8,14H2,1-2H3. The zero-order valence-electron chi connectivity index (χ0n) is 11.7. The molecule has 1 unspecified atom stereocenters. The molecule has 0 amide bonds. The van der Waals surface area contributed by atoms with Gasteiger partial charge in [0.2, 0.25) is 10.0 Å². The average molecular weight is 300 g/mol. The van der Waals surface area contributed by atoms with Crippen LogP contribution < -0.4 is 5.73 Å². The smallest absolute Gasteiger partial charge is 0.243 e.